The quantitative estimate of drug-likeness (QED) is 0.591. The van der Waals surface area contributed by atoms with Gasteiger partial charge in [-0.2, -0.15) is 0 Å². The molecule has 0 rings (SSSR count). The second-order valence-corrected chi connectivity index (χ2v) is 2.79. The van der Waals surface area contributed by atoms with Gasteiger partial charge in [0.25, 0.3) is 0 Å². The second kappa shape index (κ2) is 3.85. The third kappa shape index (κ3) is 2.82. The number of hydrogen-bond donors (Lipinski definition) is 2. The zero-order chi connectivity index (χ0) is 7.44. The van der Waals surface area contributed by atoms with Gasteiger partial charge < -0.3 is 11.5 Å². The molecule has 2 nitrogen and oxygen atoms in total. The van der Waals surface area contributed by atoms with E-state index in [4.69, 9.17) is 11.5 Å². The first-order valence-corrected chi connectivity index (χ1v) is 3.60. The van der Waals surface area contributed by atoms with Gasteiger partial charge in [-0.25, -0.2) is 0 Å². The van der Waals surface area contributed by atoms with Crippen LogP contribution in [0.5, 0.6) is 0 Å². The van der Waals surface area contributed by atoms with Crippen LogP contribution in [-0.2, 0) is 0 Å². The lowest BCUT2D eigenvalue weighted by Crippen LogP contribution is -2.38. The molecular formula is C7H18N2. The van der Waals surface area contributed by atoms with Gasteiger partial charge >= 0.3 is 0 Å². The molecule has 0 aliphatic heterocycles. The summed E-state index contributed by atoms with van der Waals surface area (Å²) in [6, 6.07) is 0.491. The zero-order valence-corrected chi connectivity index (χ0v) is 6.59. The minimum absolute atomic E-state index is 0.222. The largest absolute Gasteiger partial charge is 0.328 e. The molecule has 0 aromatic rings. The second-order valence-electron chi connectivity index (χ2n) is 2.79. The summed E-state index contributed by atoms with van der Waals surface area (Å²) in [6.07, 6.45) is 1.02. The average Bonchev–Trinajstić information content (AvgIpc) is 1.84. The van der Waals surface area contributed by atoms with E-state index in [0.717, 1.165) is 6.42 Å². The molecule has 0 spiro atoms. The molecule has 0 aromatic heterocycles. The van der Waals surface area contributed by atoms with E-state index in [0.29, 0.717) is 5.92 Å². The normalized spacial score (nSPS) is 21.0. The van der Waals surface area contributed by atoms with Crippen molar-refractivity contribution in [3.8, 4) is 0 Å². The van der Waals surface area contributed by atoms with E-state index in [2.05, 4.69) is 13.8 Å². The van der Waals surface area contributed by atoms with Crippen LogP contribution >= 0.6 is 0 Å². The smallest absolute Gasteiger partial charge is 0.00765 e. The highest BCUT2D eigenvalue weighted by molar-refractivity contribution is 4.73. The van der Waals surface area contributed by atoms with Crippen LogP contribution in [0.2, 0.25) is 0 Å². The molecule has 0 saturated heterocycles. The molecule has 56 valence electrons. The summed E-state index contributed by atoms with van der Waals surface area (Å²) >= 11 is 0. The fraction of sp³-hybridized carbons (Fsp3) is 1.00. The molecule has 0 heterocycles. The maximum Gasteiger partial charge on any atom is 0.00765 e. The Hall–Kier alpha value is -0.0800. The highest BCUT2D eigenvalue weighted by atomic mass is 14.7. The van der Waals surface area contributed by atoms with Crippen molar-refractivity contribution in [2.45, 2.75) is 39.3 Å². The molecule has 0 aromatic carbocycles. The van der Waals surface area contributed by atoms with Gasteiger partial charge in [0.2, 0.25) is 0 Å². The van der Waals surface area contributed by atoms with Gasteiger partial charge in [-0.05, 0) is 19.3 Å². The third-order valence-electron chi connectivity index (χ3n) is 1.98. The van der Waals surface area contributed by atoms with Crippen LogP contribution in [0.25, 0.3) is 0 Å². The van der Waals surface area contributed by atoms with Crippen LogP contribution in [0.4, 0.5) is 0 Å². The van der Waals surface area contributed by atoms with Crippen LogP contribution < -0.4 is 11.5 Å². The molecule has 0 bridgehead atoms. The van der Waals surface area contributed by atoms with Gasteiger partial charge in [0.1, 0.15) is 0 Å². The van der Waals surface area contributed by atoms with Crippen LogP contribution in [0.3, 0.4) is 0 Å². The van der Waals surface area contributed by atoms with E-state index >= 15 is 0 Å². The number of hydrogen-bond acceptors (Lipinski definition) is 2. The van der Waals surface area contributed by atoms with Crippen molar-refractivity contribution in [1.29, 1.82) is 0 Å². The lowest BCUT2D eigenvalue weighted by atomic mass is 9.94. The number of nitrogens with two attached hydrogens (primary N) is 2. The Balaban J connectivity index is 3.58. The highest BCUT2D eigenvalue weighted by Gasteiger charge is 2.13. The first kappa shape index (κ1) is 8.92. The van der Waals surface area contributed by atoms with Crippen LogP contribution in [0.15, 0.2) is 0 Å². The molecule has 0 aliphatic carbocycles. The SMILES string of the molecule is CCC(N)[C@@H](C)[C@H](C)N. The summed E-state index contributed by atoms with van der Waals surface area (Å²) in [5.41, 5.74) is 11.4. The summed E-state index contributed by atoms with van der Waals surface area (Å²) < 4.78 is 0. The van der Waals surface area contributed by atoms with Gasteiger partial charge in [-0.1, -0.05) is 13.8 Å². The van der Waals surface area contributed by atoms with Crippen molar-refractivity contribution in [3.05, 3.63) is 0 Å². The van der Waals surface area contributed by atoms with E-state index in [-0.39, 0.29) is 12.1 Å². The summed E-state index contributed by atoms with van der Waals surface area (Å²) in [6.45, 7) is 6.18. The van der Waals surface area contributed by atoms with Crippen molar-refractivity contribution in [1.82, 2.24) is 0 Å². The molecule has 3 atom stereocenters. The van der Waals surface area contributed by atoms with Crippen molar-refractivity contribution in [3.63, 3.8) is 0 Å². The monoisotopic (exact) mass is 130 g/mol. The molecule has 2 heteroatoms. The van der Waals surface area contributed by atoms with E-state index in [1.165, 1.54) is 0 Å². The molecule has 9 heavy (non-hydrogen) atoms. The first-order valence-electron chi connectivity index (χ1n) is 3.60. The Kier molecular flexibility index (Phi) is 3.82. The van der Waals surface area contributed by atoms with Gasteiger partial charge in [0.05, 0.1) is 0 Å². The molecule has 0 fully saturated rings. The summed E-state index contributed by atoms with van der Waals surface area (Å²) in [7, 11) is 0. The average molecular weight is 130 g/mol. The Morgan fingerprint density at radius 3 is 1.78 bits per heavy atom. The summed E-state index contributed by atoms with van der Waals surface area (Å²) in [5.74, 6) is 0.440. The highest BCUT2D eigenvalue weighted by Crippen LogP contribution is 2.06. The Morgan fingerprint density at radius 1 is 1.22 bits per heavy atom. The predicted molar refractivity (Wildman–Crippen MR) is 41.1 cm³/mol. The fourth-order valence-corrected chi connectivity index (χ4v) is 0.762. The molecule has 0 saturated carbocycles. The fourth-order valence-electron chi connectivity index (χ4n) is 0.762. The van der Waals surface area contributed by atoms with E-state index in [1.54, 1.807) is 0 Å². The zero-order valence-electron chi connectivity index (χ0n) is 6.59. The van der Waals surface area contributed by atoms with Gasteiger partial charge in [-0.15, -0.1) is 0 Å². The van der Waals surface area contributed by atoms with Crippen LogP contribution in [-0.4, -0.2) is 12.1 Å². The number of rotatable bonds is 3. The van der Waals surface area contributed by atoms with Gasteiger partial charge in [0, 0.05) is 12.1 Å². The molecular weight excluding hydrogens is 112 g/mol. The van der Waals surface area contributed by atoms with Crippen molar-refractivity contribution in [2.24, 2.45) is 17.4 Å². The topological polar surface area (TPSA) is 52.0 Å². The lowest BCUT2D eigenvalue weighted by molar-refractivity contribution is 0.386. The maximum atomic E-state index is 5.74. The maximum absolute atomic E-state index is 5.74. The Morgan fingerprint density at radius 2 is 1.67 bits per heavy atom. The molecule has 0 aliphatic rings. The molecule has 0 amide bonds. The Bertz CT molecular complexity index is 71.3. The van der Waals surface area contributed by atoms with Crippen molar-refractivity contribution < 1.29 is 0 Å². The summed E-state index contributed by atoms with van der Waals surface area (Å²) in [4.78, 5) is 0. The lowest BCUT2D eigenvalue weighted by Gasteiger charge is -2.21. The van der Waals surface area contributed by atoms with E-state index < -0.39 is 0 Å². The van der Waals surface area contributed by atoms with Gasteiger partial charge in [0.15, 0.2) is 0 Å². The minimum Gasteiger partial charge on any atom is -0.328 e. The van der Waals surface area contributed by atoms with Crippen molar-refractivity contribution in [2.75, 3.05) is 0 Å². The van der Waals surface area contributed by atoms with E-state index in [1.807, 2.05) is 6.92 Å². The minimum atomic E-state index is 0.222. The Labute approximate surface area is 57.6 Å². The van der Waals surface area contributed by atoms with Crippen LogP contribution in [0.1, 0.15) is 27.2 Å². The molecule has 0 radical (unpaired) electrons. The standard InChI is InChI=1S/C7H18N2/c1-4-7(9)5(2)6(3)8/h5-7H,4,8-9H2,1-3H3/t5-,6-,7?/m0/s1. The summed E-state index contributed by atoms with van der Waals surface area (Å²) in [5, 5.41) is 0. The van der Waals surface area contributed by atoms with E-state index in [9.17, 15) is 0 Å². The molecule has 1 unspecified atom stereocenters. The molecule has 4 N–H and O–H groups in total. The third-order valence-corrected chi connectivity index (χ3v) is 1.98. The first-order chi connectivity index (χ1) is 4.09. The predicted octanol–water partition coefficient (Wildman–Crippen LogP) is 0.707. The van der Waals surface area contributed by atoms with Crippen molar-refractivity contribution >= 4 is 0 Å². The van der Waals surface area contributed by atoms with Crippen LogP contribution in [0, 0.1) is 5.92 Å². The van der Waals surface area contributed by atoms with Gasteiger partial charge in [-0.3, -0.25) is 0 Å².